The lowest BCUT2D eigenvalue weighted by atomic mass is 9.68. The average molecular weight is 743 g/mol. The quantitative estimate of drug-likeness (QED) is 0.252. The van der Waals surface area contributed by atoms with E-state index in [2.05, 4.69) is 67.8 Å². The van der Waals surface area contributed by atoms with Crippen molar-refractivity contribution in [1.82, 2.24) is 4.72 Å². The predicted octanol–water partition coefficient (Wildman–Crippen LogP) is 7.90. The molecule has 2 aliphatic heterocycles. The fourth-order valence-electron chi connectivity index (χ4n) is 8.04. The molecule has 0 unspecified atom stereocenters. The van der Waals surface area contributed by atoms with Gasteiger partial charge < -0.3 is 18.8 Å². The third kappa shape index (κ3) is 7.42. The number of benzene rings is 2. The second-order valence-corrected chi connectivity index (χ2v) is 23.9. The molecule has 1 fully saturated rings. The molecule has 1 spiro atoms. The molecule has 6 atom stereocenters. The first-order chi connectivity index (χ1) is 23.5. The summed E-state index contributed by atoms with van der Waals surface area (Å²) in [4.78, 5) is 16.2. The minimum atomic E-state index is -4.05. The zero-order chi connectivity index (χ0) is 36.1. The van der Waals surface area contributed by atoms with Crippen LogP contribution in [0.15, 0.2) is 48.6 Å². The number of carbonyl (C=O) groups is 1. The molecule has 11 heteroatoms. The maximum Gasteiger partial charge on any atom is 0.264 e. The van der Waals surface area contributed by atoms with Gasteiger partial charge in [-0.1, -0.05) is 50.6 Å². The number of carbonyl (C=O) groups excluding carboxylic acids is 1. The van der Waals surface area contributed by atoms with Gasteiger partial charge in [0.2, 0.25) is 10.0 Å². The average Bonchev–Trinajstić information content (AvgIpc) is 3.19. The summed E-state index contributed by atoms with van der Waals surface area (Å²) in [6.45, 7) is 14.9. The summed E-state index contributed by atoms with van der Waals surface area (Å²) < 4.78 is 49.5. The number of rotatable bonds is 4. The number of methoxy groups -OCH3 is 1. The van der Waals surface area contributed by atoms with Gasteiger partial charge in [0.1, 0.15) is 5.75 Å². The van der Waals surface area contributed by atoms with Crippen molar-refractivity contribution in [3.05, 3.63) is 70.3 Å². The van der Waals surface area contributed by atoms with Gasteiger partial charge in [-0.3, -0.25) is 4.79 Å². The van der Waals surface area contributed by atoms with Crippen LogP contribution in [0.1, 0.15) is 81.3 Å². The number of anilines is 1. The molecular weight excluding hydrogens is 688 g/mol. The van der Waals surface area contributed by atoms with Gasteiger partial charge in [-0.25, -0.2) is 13.1 Å². The molecule has 1 saturated carbocycles. The monoisotopic (exact) mass is 742 g/mol. The Bertz CT molecular complexity index is 1730. The SMILES string of the molecule is CO[C@H]1/C=C\C[C@H](CO[Si](C)(C)C(C)(C)C)[C@@H](C)S(=O)(=O)NC(=O)c2ccc3c(c2)N(C[C@@H]2CC[C@H]21)C[C@@]1(CCCc2cc(Cl)ccc21)CO3. The number of sulfonamides is 1. The van der Waals surface area contributed by atoms with E-state index in [1.54, 1.807) is 20.1 Å². The van der Waals surface area contributed by atoms with E-state index in [-0.39, 0.29) is 22.5 Å². The number of aryl methyl sites for hydroxylation is 1. The Morgan fingerprint density at radius 1 is 1.14 bits per heavy atom. The van der Waals surface area contributed by atoms with Gasteiger partial charge in [0, 0.05) is 48.7 Å². The Morgan fingerprint density at radius 3 is 2.62 bits per heavy atom. The molecule has 2 aliphatic carbocycles. The Hall–Kier alpha value is -2.37. The van der Waals surface area contributed by atoms with Crippen molar-refractivity contribution < 1.29 is 27.1 Å². The zero-order valence-electron chi connectivity index (χ0n) is 30.8. The van der Waals surface area contributed by atoms with Gasteiger partial charge in [-0.15, -0.1) is 0 Å². The van der Waals surface area contributed by atoms with Crippen LogP contribution in [0.2, 0.25) is 23.2 Å². The number of hydrogen-bond donors (Lipinski definition) is 1. The molecule has 274 valence electrons. The van der Waals surface area contributed by atoms with E-state index in [1.807, 2.05) is 18.2 Å². The molecule has 0 aromatic heterocycles. The van der Waals surface area contributed by atoms with E-state index in [0.29, 0.717) is 42.8 Å². The summed E-state index contributed by atoms with van der Waals surface area (Å²) in [6.07, 6.45) is 9.75. The third-order valence-electron chi connectivity index (χ3n) is 12.5. The zero-order valence-corrected chi connectivity index (χ0v) is 33.3. The Balaban J connectivity index is 1.37. The molecular formula is C39H55ClN2O6SSi. The van der Waals surface area contributed by atoms with Gasteiger partial charge >= 0.3 is 0 Å². The molecule has 2 heterocycles. The fraction of sp³-hybridized carbons (Fsp3) is 0.615. The normalized spacial score (nSPS) is 30.6. The van der Waals surface area contributed by atoms with Crippen molar-refractivity contribution in [3.63, 3.8) is 0 Å². The fourth-order valence-corrected chi connectivity index (χ4v) is 10.6. The molecule has 6 rings (SSSR count). The number of ether oxygens (including phenoxy) is 2. The standard InChI is InChI=1S/C39H55ClN2O6SSi/c1-26-30(23-48-50(6,7)38(2,3)4)10-8-12-35(46-5)32-16-13-29(32)22-42-24-39(19-9-11-27-20-31(40)15-17-33(27)39)25-47-36-18-14-28(21-34(36)42)37(43)41-49(26,44)45/h8,12,14-15,17-18,20-21,26,29-30,32,35H,9-11,13,16,19,22-25H2,1-7H3,(H,41,43)/b12-8-/t26-,29+,30-,32-,35+,39+/m1/s1. The summed E-state index contributed by atoms with van der Waals surface area (Å²) in [5, 5.41) is -0.144. The minimum absolute atomic E-state index is 0.0193. The van der Waals surface area contributed by atoms with E-state index in [9.17, 15) is 13.2 Å². The molecule has 50 heavy (non-hydrogen) atoms. The molecule has 0 radical (unpaired) electrons. The van der Waals surface area contributed by atoms with E-state index < -0.39 is 29.5 Å². The van der Waals surface area contributed by atoms with Crippen molar-refractivity contribution in [2.45, 2.75) is 101 Å². The van der Waals surface area contributed by atoms with Crippen LogP contribution >= 0.6 is 11.6 Å². The van der Waals surface area contributed by atoms with Crippen molar-refractivity contribution in [2.75, 3.05) is 38.3 Å². The number of hydrogen-bond acceptors (Lipinski definition) is 7. The first-order valence-corrected chi connectivity index (χ1v) is 23.1. The molecule has 0 saturated heterocycles. The largest absolute Gasteiger partial charge is 0.490 e. The maximum atomic E-state index is 13.9. The summed E-state index contributed by atoms with van der Waals surface area (Å²) in [7, 11) is -4.44. The first kappa shape index (κ1) is 37.4. The van der Waals surface area contributed by atoms with E-state index in [0.717, 1.165) is 55.9 Å². The summed E-state index contributed by atoms with van der Waals surface area (Å²) in [5.74, 6) is 0.416. The van der Waals surface area contributed by atoms with Crippen LogP contribution in [-0.2, 0) is 31.0 Å². The van der Waals surface area contributed by atoms with Crippen molar-refractivity contribution in [2.24, 2.45) is 17.8 Å². The van der Waals surface area contributed by atoms with Crippen LogP contribution in [-0.4, -0.2) is 67.4 Å². The third-order valence-corrected chi connectivity index (χ3v) is 19.1. The Labute approximate surface area is 305 Å². The van der Waals surface area contributed by atoms with Crippen LogP contribution < -0.4 is 14.4 Å². The van der Waals surface area contributed by atoms with Crippen LogP contribution in [0.3, 0.4) is 0 Å². The van der Waals surface area contributed by atoms with Crippen molar-refractivity contribution in [1.29, 1.82) is 0 Å². The lowest BCUT2D eigenvalue weighted by Gasteiger charge is -2.46. The summed E-state index contributed by atoms with van der Waals surface area (Å²) in [6, 6.07) is 11.6. The van der Waals surface area contributed by atoms with Crippen molar-refractivity contribution >= 4 is 41.5 Å². The van der Waals surface area contributed by atoms with Crippen LogP contribution in [0.25, 0.3) is 0 Å². The first-order valence-electron chi connectivity index (χ1n) is 18.2. The molecule has 1 N–H and O–H groups in total. The van der Waals surface area contributed by atoms with E-state index >= 15 is 0 Å². The molecule has 4 aliphatic rings. The number of halogens is 1. The topological polar surface area (TPSA) is 94.2 Å². The van der Waals surface area contributed by atoms with E-state index in [4.69, 9.17) is 25.5 Å². The van der Waals surface area contributed by atoms with Crippen LogP contribution in [0, 0.1) is 17.8 Å². The number of nitrogens with zero attached hydrogens (tertiary/aromatic N) is 1. The van der Waals surface area contributed by atoms with Gasteiger partial charge in [0.15, 0.2) is 8.32 Å². The lowest BCUT2D eigenvalue weighted by Crippen LogP contribution is -2.49. The molecule has 2 aromatic rings. The maximum absolute atomic E-state index is 13.9. The number of allylic oxidation sites excluding steroid dienone is 1. The highest BCUT2D eigenvalue weighted by Gasteiger charge is 2.45. The van der Waals surface area contributed by atoms with Gasteiger partial charge in [0.05, 0.1) is 23.6 Å². The molecule has 1 amide bonds. The van der Waals surface area contributed by atoms with Gasteiger partial charge in [0.25, 0.3) is 5.91 Å². The van der Waals surface area contributed by atoms with Crippen LogP contribution in [0.4, 0.5) is 5.69 Å². The van der Waals surface area contributed by atoms with E-state index in [1.165, 1.54) is 11.1 Å². The number of fused-ring (bicyclic) bond motifs is 4. The lowest BCUT2D eigenvalue weighted by molar-refractivity contribution is 0.0131. The van der Waals surface area contributed by atoms with Gasteiger partial charge in [-0.05, 0) is 117 Å². The minimum Gasteiger partial charge on any atom is -0.490 e. The number of nitrogens with one attached hydrogen (secondary N) is 1. The summed E-state index contributed by atoms with van der Waals surface area (Å²) >= 11 is 6.45. The van der Waals surface area contributed by atoms with Crippen LogP contribution in [0.5, 0.6) is 5.75 Å². The Morgan fingerprint density at radius 2 is 1.92 bits per heavy atom. The van der Waals surface area contributed by atoms with Gasteiger partial charge in [-0.2, -0.15) is 0 Å². The summed E-state index contributed by atoms with van der Waals surface area (Å²) in [5.41, 5.74) is 3.41. The molecule has 8 nitrogen and oxygen atoms in total. The molecule has 2 aromatic carbocycles. The smallest absolute Gasteiger partial charge is 0.264 e. The van der Waals surface area contributed by atoms with Crippen molar-refractivity contribution in [3.8, 4) is 5.75 Å². The highest BCUT2D eigenvalue weighted by atomic mass is 35.5. The molecule has 2 bridgehead atoms. The highest BCUT2D eigenvalue weighted by molar-refractivity contribution is 7.90. The predicted molar refractivity (Wildman–Crippen MR) is 203 cm³/mol. The second kappa shape index (κ2) is 14.2. The second-order valence-electron chi connectivity index (χ2n) is 16.7. The highest BCUT2D eigenvalue weighted by Crippen LogP contribution is 2.47. The Kier molecular flexibility index (Phi) is 10.6. The number of amides is 1.